The maximum absolute atomic E-state index is 11.6. The van der Waals surface area contributed by atoms with Gasteiger partial charge in [-0.15, -0.1) is 5.10 Å². The van der Waals surface area contributed by atoms with Gasteiger partial charge in [-0.25, -0.2) is 14.5 Å². The minimum absolute atomic E-state index is 0.167. The molecule has 1 atom stereocenters. The van der Waals surface area contributed by atoms with Crippen LogP contribution in [0.25, 0.3) is 0 Å². The second-order valence-corrected chi connectivity index (χ2v) is 3.14. The summed E-state index contributed by atoms with van der Waals surface area (Å²) in [5.74, 6) is -0.121. The quantitative estimate of drug-likeness (QED) is 0.729. The Balaban J connectivity index is 2.77. The number of nitrogens with two attached hydrogens (primary N) is 1. The van der Waals surface area contributed by atoms with Gasteiger partial charge in [0.15, 0.2) is 6.04 Å². The van der Waals surface area contributed by atoms with Gasteiger partial charge in [-0.3, -0.25) is 0 Å². The molecule has 0 aromatic carbocycles. The molecule has 0 aliphatic carbocycles. The van der Waals surface area contributed by atoms with Crippen LogP contribution in [0.5, 0.6) is 0 Å². The van der Waals surface area contributed by atoms with E-state index in [0.717, 1.165) is 6.42 Å². The molecule has 15 heavy (non-hydrogen) atoms. The van der Waals surface area contributed by atoms with Crippen molar-refractivity contribution in [1.82, 2.24) is 14.8 Å². The summed E-state index contributed by atoms with van der Waals surface area (Å²) in [5.41, 5.74) is 5.39. The van der Waals surface area contributed by atoms with Crippen LogP contribution in [-0.2, 0) is 9.53 Å². The first-order valence-electron chi connectivity index (χ1n) is 5.02. The van der Waals surface area contributed by atoms with Gasteiger partial charge >= 0.3 is 5.97 Å². The van der Waals surface area contributed by atoms with Crippen molar-refractivity contribution in [1.29, 1.82) is 0 Å². The number of hydrogen-bond donors (Lipinski definition) is 1. The Kier molecular flexibility index (Phi) is 4.08. The molecule has 6 heteroatoms. The fraction of sp³-hybridized carbons (Fsp3) is 0.667. The highest BCUT2D eigenvalue weighted by atomic mass is 16.5. The van der Waals surface area contributed by atoms with Crippen LogP contribution in [-0.4, -0.2) is 27.3 Å². The summed E-state index contributed by atoms with van der Waals surface area (Å²) in [6.07, 6.45) is 2.98. The summed E-state index contributed by atoms with van der Waals surface area (Å²) in [6.45, 7) is 4.13. The lowest BCUT2D eigenvalue weighted by molar-refractivity contribution is -0.147. The first-order chi connectivity index (χ1) is 7.19. The van der Waals surface area contributed by atoms with Gasteiger partial charge in [0.1, 0.15) is 6.33 Å². The van der Waals surface area contributed by atoms with E-state index in [0.29, 0.717) is 13.0 Å². The maximum atomic E-state index is 11.6. The Labute approximate surface area is 88.4 Å². The molecule has 0 radical (unpaired) electrons. The summed E-state index contributed by atoms with van der Waals surface area (Å²) < 4.78 is 6.41. The highest BCUT2D eigenvalue weighted by molar-refractivity contribution is 5.74. The van der Waals surface area contributed by atoms with Crippen molar-refractivity contribution in [2.75, 3.05) is 12.3 Å². The minimum atomic E-state index is -0.417. The van der Waals surface area contributed by atoms with Gasteiger partial charge in [0.05, 0.1) is 6.61 Å². The van der Waals surface area contributed by atoms with Crippen molar-refractivity contribution in [2.24, 2.45) is 0 Å². The molecule has 0 aliphatic heterocycles. The third-order valence-corrected chi connectivity index (χ3v) is 1.97. The smallest absolute Gasteiger partial charge is 0.330 e. The van der Waals surface area contributed by atoms with Crippen LogP contribution in [0.3, 0.4) is 0 Å². The Morgan fingerprint density at radius 2 is 2.40 bits per heavy atom. The zero-order valence-corrected chi connectivity index (χ0v) is 9.01. The van der Waals surface area contributed by atoms with Crippen LogP contribution < -0.4 is 5.73 Å². The summed E-state index contributed by atoms with van der Waals surface area (Å²) in [4.78, 5) is 15.4. The van der Waals surface area contributed by atoms with Gasteiger partial charge in [-0.05, 0) is 13.3 Å². The van der Waals surface area contributed by atoms with Crippen LogP contribution in [0.1, 0.15) is 32.7 Å². The molecule has 0 amide bonds. The van der Waals surface area contributed by atoms with Crippen molar-refractivity contribution in [3.05, 3.63) is 6.33 Å². The molecule has 0 saturated carbocycles. The number of anilines is 1. The summed E-state index contributed by atoms with van der Waals surface area (Å²) in [7, 11) is 0. The Morgan fingerprint density at radius 3 is 2.87 bits per heavy atom. The number of esters is 1. The van der Waals surface area contributed by atoms with E-state index in [-0.39, 0.29) is 11.9 Å². The SMILES string of the molecule is CCCC(C(=O)OCC)n1cnc(N)n1. The summed E-state index contributed by atoms with van der Waals surface area (Å²) >= 11 is 0. The van der Waals surface area contributed by atoms with Crippen molar-refractivity contribution < 1.29 is 9.53 Å². The standard InChI is InChI=1S/C9H16N4O2/c1-3-5-7(8(14)15-4-2)13-6-11-9(10)12-13/h6-7H,3-5H2,1-2H3,(H2,10,12). The van der Waals surface area contributed by atoms with E-state index in [1.54, 1.807) is 6.92 Å². The number of nitrogen functional groups attached to an aromatic ring is 1. The average Bonchev–Trinajstić information content (AvgIpc) is 2.61. The first kappa shape index (κ1) is 11.5. The number of rotatable bonds is 5. The van der Waals surface area contributed by atoms with E-state index in [4.69, 9.17) is 10.5 Å². The van der Waals surface area contributed by atoms with Gasteiger partial charge in [0.2, 0.25) is 5.95 Å². The number of aromatic nitrogens is 3. The number of hydrogen-bond acceptors (Lipinski definition) is 5. The molecular formula is C9H16N4O2. The molecule has 84 valence electrons. The van der Waals surface area contributed by atoms with Crippen molar-refractivity contribution in [2.45, 2.75) is 32.7 Å². The number of ether oxygens (including phenoxy) is 1. The molecule has 1 rings (SSSR count). The fourth-order valence-corrected chi connectivity index (χ4v) is 1.31. The first-order valence-corrected chi connectivity index (χ1v) is 5.02. The molecule has 6 nitrogen and oxygen atoms in total. The fourth-order valence-electron chi connectivity index (χ4n) is 1.31. The maximum Gasteiger partial charge on any atom is 0.330 e. The van der Waals surface area contributed by atoms with Crippen LogP contribution >= 0.6 is 0 Å². The van der Waals surface area contributed by atoms with Gasteiger partial charge in [-0.2, -0.15) is 0 Å². The highest BCUT2D eigenvalue weighted by Gasteiger charge is 2.21. The van der Waals surface area contributed by atoms with Crippen molar-refractivity contribution >= 4 is 11.9 Å². The Bertz CT molecular complexity index is 324. The summed E-state index contributed by atoms with van der Waals surface area (Å²) in [5, 5.41) is 3.92. The lowest BCUT2D eigenvalue weighted by Crippen LogP contribution is -2.22. The third kappa shape index (κ3) is 2.93. The van der Waals surface area contributed by atoms with Gasteiger partial charge in [0.25, 0.3) is 0 Å². The van der Waals surface area contributed by atoms with Crippen LogP contribution in [0.4, 0.5) is 5.95 Å². The topological polar surface area (TPSA) is 83.0 Å². The Morgan fingerprint density at radius 1 is 1.67 bits per heavy atom. The molecule has 0 fully saturated rings. The lowest BCUT2D eigenvalue weighted by Gasteiger charge is -2.14. The number of carbonyl (C=O) groups is 1. The molecule has 1 aromatic rings. The van der Waals surface area contributed by atoms with Crippen LogP contribution in [0, 0.1) is 0 Å². The predicted molar refractivity (Wildman–Crippen MR) is 55.0 cm³/mol. The zero-order valence-electron chi connectivity index (χ0n) is 9.01. The molecule has 1 heterocycles. The summed E-state index contributed by atoms with van der Waals surface area (Å²) in [6, 6.07) is -0.417. The van der Waals surface area contributed by atoms with E-state index in [2.05, 4.69) is 10.1 Å². The van der Waals surface area contributed by atoms with Crippen molar-refractivity contribution in [3.8, 4) is 0 Å². The zero-order chi connectivity index (χ0) is 11.3. The van der Waals surface area contributed by atoms with Crippen LogP contribution in [0.2, 0.25) is 0 Å². The van der Waals surface area contributed by atoms with Gasteiger partial charge < -0.3 is 10.5 Å². The molecular weight excluding hydrogens is 196 g/mol. The van der Waals surface area contributed by atoms with E-state index in [1.807, 2.05) is 6.92 Å². The van der Waals surface area contributed by atoms with Crippen molar-refractivity contribution in [3.63, 3.8) is 0 Å². The van der Waals surface area contributed by atoms with E-state index >= 15 is 0 Å². The average molecular weight is 212 g/mol. The normalized spacial score (nSPS) is 12.4. The van der Waals surface area contributed by atoms with E-state index < -0.39 is 6.04 Å². The third-order valence-electron chi connectivity index (χ3n) is 1.97. The second kappa shape index (κ2) is 5.33. The van der Waals surface area contributed by atoms with Gasteiger partial charge in [0, 0.05) is 0 Å². The molecule has 1 unspecified atom stereocenters. The number of nitrogens with zero attached hydrogens (tertiary/aromatic N) is 3. The molecule has 0 aliphatic rings. The predicted octanol–water partition coefficient (Wildman–Crippen LogP) is 0.765. The molecule has 0 spiro atoms. The minimum Gasteiger partial charge on any atom is -0.464 e. The molecule has 0 bridgehead atoms. The lowest BCUT2D eigenvalue weighted by atomic mass is 10.2. The molecule has 1 aromatic heterocycles. The monoisotopic (exact) mass is 212 g/mol. The van der Waals surface area contributed by atoms with Crippen LogP contribution in [0.15, 0.2) is 6.33 Å². The Hall–Kier alpha value is -1.59. The highest BCUT2D eigenvalue weighted by Crippen LogP contribution is 2.14. The molecule has 2 N–H and O–H groups in total. The van der Waals surface area contributed by atoms with E-state index in [1.165, 1.54) is 11.0 Å². The number of carbonyl (C=O) groups excluding carboxylic acids is 1. The van der Waals surface area contributed by atoms with E-state index in [9.17, 15) is 4.79 Å². The largest absolute Gasteiger partial charge is 0.464 e. The van der Waals surface area contributed by atoms with Gasteiger partial charge in [-0.1, -0.05) is 13.3 Å². The molecule has 0 saturated heterocycles. The second-order valence-electron chi connectivity index (χ2n) is 3.14.